The van der Waals surface area contributed by atoms with Crippen LogP contribution in [-0.2, 0) is 0 Å². The van der Waals surface area contributed by atoms with E-state index in [9.17, 15) is 9.59 Å². The SMILES string of the molecule is COc1cc(OC)cc(C(=O)Nc2nccn(-c3ccc(C)c(Cl)c3)c2=O)c1. The number of amides is 1. The number of hydrogen-bond donors (Lipinski definition) is 1. The standard InChI is InChI=1S/C20H18ClN3O4/c1-12-4-5-14(10-17(12)21)24-7-6-22-18(20(24)26)23-19(25)13-8-15(27-2)11-16(9-13)28-3/h4-11H,1-3H3,(H,22,23,25). The van der Waals surface area contributed by atoms with Gasteiger partial charge in [-0.05, 0) is 36.8 Å². The number of nitrogens with zero attached hydrogens (tertiary/aromatic N) is 2. The van der Waals surface area contributed by atoms with E-state index in [2.05, 4.69) is 10.3 Å². The second kappa shape index (κ2) is 8.14. The Morgan fingerprint density at radius 3 is 2.39 bits per heavy atom. The zero-order valence-electron chi connectivity index (χ0n) is 15.5. The first-order chi connectivity index (χ1) is 13.4. The zero-order valence-corrected chi connectivity index (χ0v) is 16.3. The highest BCUT2D eigenvalue weighted by Gasteiger charge is 2.14. The molecule has 1 heterocycles. The summed E-state index contributed by atoms with van der Waals surface area (Å²) in [5, 5.41) is 3.08. The fraction of sp³-hybridized carbons (Fsp3) is 0.150. The summed E-state index contributed by atoms with van der Waals surface area (Å²) in [6.07, 6.45) is 2.94. The summed E-state index contributed by atoms with van der Waals surface area (Å²) in [7, 11) is 2.97. The highest BCUT2D eigenvalue weighted by molar-refractivity contribution is 6.31. The molecule has 0 bridgehead atoms. The number of methoxy groups -OCH3 is 2. The van der Waals surface area contributed by atoms with Crippen molar-refractivity contribution in [2.75, 3.05) is 19.5 Å². The molecule has 0 atom stereocenters. The van der Waals surface area contributed by atoms with Crippen LogP contribution in [0.25, 0.3) is 5.69 Å². The molecule has 0 unspecified atom stereocenters. The highest BCUT2D eigenvalue weighted by atomic mass is 35.5. The van der Waals surface area contributed by atoms with E-state index >= 15 is 0 Å². The Morgan fingerprint density at radius 2 is 1.79 bits per heavy atom. The van der Waals surface area contributed by atoms with Gasteiger partial charge in [-0.3, -0.25) is 14.2 Å². The first-order valence-electron chi connectivity index (χ1n) is 8.31. The second-order valence-electron chi connectivity index (χ2n) is 5.94. The quantitative estimate of drug-likeness (QED) is 0.710. The molecule has 0 aliphatic rings. The number of hydrogen-bond acceptors (Lipinski definition) is 5. The summed E-state index contributed by atoms with van der Waals surface area (Å²) in [6.45, 7) is 1.87. The van der Waals surface area contributed by atoms with E-state index in [1.165, 1.54) is 31.2 Å². The maximum Gasteiger partial charge on any atom is 0.298 e. The van der Waals surface area contributed by atoms with Gasteiger partial charge in [-0.25, -0.2) is 4.98 Å². The predicted octanol–water partition coefficient (Wildman–Crippen LogP) is 3.46. The molecular weight excluding hydrogens is 382 g/mol. The van der Waals surface area contributed by atoms with Gasteiger partial charge in [0, 0.05) is 29.0 Å². The number of halogens is 1. The maximum absolute atomic E-state index is 12.8. The Morgan fingerprint density at radius 1 is 1.11 bits per heavy atom. The lowest BCUT2D eigenvalue weighted by atomic mass is 10.2. The minimum atomic E-state index is -0.513. The van der Waals surface area contributed by atoms with Crippen LogP contribution in [0, 0.1) is 6.92 Å². The molecule has 0 aliphatic carbocycles. The number of rotatable bonds is 5. The van der Waals surface area contributed by atoms with Crippen molar-refractivity contribution in [1.82, 2.24) is 9.55 Å². The first-order valence-corrected chi connectivity index (χ1v) is 8.69. The fourth-order valence-corrected chi connectivity index (χ4v) is 2.73. The van der Waals surface area contributed by atoms with Crippen LogP contribution in [0.2, 0.25) is 5.02 Å². The van der Waals surface area contributed by atoms with E-state index in [1.54, 1.807) is 30.3 Å². The van der Waals surface area contributed by atoms with Crippen molar-refractivity contribution < 1.29 is 14.3 Å². The van der Waals surface area contributed by atoms with Gasteiger partial charge in [-0.2, -0.15) is 0 Å². The third kappa shape index (κ3) is 3.99. The average molecular weight is 400 g/mol. The van der Waals surface area contributed by atoms with Gasteiger partial charge >= 0.3 is 0 Å². The Labute approximate surface area is 166 Å². The third-order valence-electron chi connectivity index (χ3n) is 4.12. The summed E-state index contributed by atoms with van der Waals surface area (Å²) in [5.41, 5.74) is 1.26. The van der Waals surface area contributed by atoms with E-state index in [4.69, 9.17) is 21.1 Å². The van der Waals surface area contributed by atoms with Crippen molar-refractivity contribution in [1.29, 1.82) is 0 Å². The van der Waals surface area contributed by atoms with Crippen molar-refractivity contribution in [2.45, 2.75) is 6.92 Å². The van der Waals surface area contributed by atoms with E-state index < -0.39 is 11.5 Å². The van der Waals surface area contributed by atoms with Gasteiger partial charge in [0.15, 0.2) is 5.82 Å². The second-order valence-corrected chi connectivity index (χ2v) is 6.35. The maximum atomic E-state index is 12.8. The molecule has 2 aromatic carbocycles. The molecule has 144 valence electrons. The molecule has 28 heavy (non-hydrogen) atoms. The van der Waals surface area contributed by atoms with Crippen LogP contribution in [0.1, 0.15) is 15.9 Å². The topological polar surface area (TPSA) is 82.4 Å². The number of carbonyl (C=O) groups excluding carboxylic acids is 1. The molecule has 0 aliphatic heterocycles. The van der Waals surface area contributed by atoms with Crippen LogP contribution >= 0.6 is 11.6 Å². The monoisotopic (exact) mass is 399 g/mol. The summed E-state index contributed by atoms with van der Waals surface area (Å²) in [6, 6.07) is 9.98. The molecule has 1 amide bonds. The predicted molar refractivity (Wildman–Crippen MR) is 107 cm³/mol. The van der Waals surface area contributed by atoms with Crippen LogP contribution in [-0.4, -0.2) is 29.7 Å². The van der Waals surface area contributed by atoms with Gasteiger partial charge in [-0.15, -0.1) is 0 Å². The molecule has 0 fully saturated rings. The van der Waals surface area contributed by atoms with Gasteiger partial charge in [0.2, 0.25) is 0 Å². The first kappa shape index (κ1) is 19.4. The Kier molecular flexibility index (Phi) is 5.65. The number of aromatic nitrogens is 2. The fourth-order valence-electron chi connectivity index (χ4n) is 2.55. The van der Waals surface area contributed by atoms with E-state index in [1.807, 2.05) is 13.0 Å². The third-order valence-corrected chi connectivity index (χ3v) is 4.53. The van der Waals surface area contributed by atoms with Crippen LogP contribution in [0.4, 0.5) is 5.82 Å². The lowest BCUT2D eigenvalue weighted by Crippen LogP contribution is -2.26. The van der Waals surface area contributed by atoms with Crippen molar-refractivity contribution in [2.24, 2.45) is 0 Å². The highest BCUT2D eigenvalue weighted by Crippen LogP contribution is 2.23. The molecule has 8 heteroatoms. The van der Waals surface area contributed by atoms with Crippen molar-refractivity contribution in [3.63, 3.8) is 0 Å². The number of benzene rings is 2. The molecule has 1 aromatic heterocycles. The Balaban J connectivity index is 1.94. The minimum absolute atomic E-state index is 0.106. The van der Waals surface area contributed by atoms with Crippen LogP contribution in [0.5, 0.6) is 11.5 Å². The lowest BCUT2D eigenvalue weighted by Gasteiger charge is -2.11. The van der Waals surface area contributed by atoms with Crippen LogP contribution in [0.15, 0.2) is 53.6 Å². The van der Waals surface area contributed by atoms with Gasteiger partial charge in [0.05, 0.1) is 19.9 Å². The molecule has 3 aromatic rings. The summed E-state index contributed by atoms with van der Waals surface area (Å²) in [5.74, 6) is 0.293. The smallest absolute Gasteiger partial charge is 0.298 e. The normalized spacial score (nSPS) is 10.4. The molecule has 0 spiro atoms. The minimum Gasteiger partial charge on any atom is -0.497 e. The Bertz CT molecular complexity index is 1070. The molecule has 1 N–H and O–H groups in total. The van der Waals surface area contributed by atoms with E-state index in [0.717, 1.165) is 5.56 Å². The molecule has 0 saturated heterocycles. The molecule has 0 saturated carbocycles. The van der Waals surface area contributed by atoms with Crippen LogP contribution < -0.4 is 20.3 Å². The van der Waals surface area contributed by atoms with Crippen LogP contribution in [0.3, 0.4) is 0 Å². The zero-order chi connectivity index (χ0) is 20.3. The number of ether oxygens (including phenoxy) is 2. The number of anilines is 1. The number of nitrogens with one attached hydrogen (secondary N) is 1. The Hall–Kier alpha value is -3.32. The molecule has 7 nitrogen and oxygen atoms in total. The van der Waals surface area contributed by atoms with Gasteiger partial charge in [0.1, 0.15) is 11.5 Å². The van der Waals surface area contributed by atoms with Crippen molar-refractivity contribution >= 4 is 23.3 Å². The van der Waals surface area contributed by atoms with Gasteiger partial charge < -0.3 is 14.8 Å². The summed E-state index contributed by atoms with van der Waals surface area (Å²) < 4.78 is 11.7. The van der Waals surface area contributed by atoms with Gasteiger partial charge in [0.25, 0.3) is 11.5 Å². The number of carbonyl (C=O) groups is 1. The van der Waals surface area contributed by atoms with Crippen molar-refractivity contribution in [3.05, 3.63) is 75.3 Å². The summed E-state index contributed by atoms with van der Waals surface area (Å²) in [4.78, 5) is 29.4. The summed E-state index contributed by atoms with van der Waals surface area (Å²) >= 11 is 6.15. The van der Waals surface area contributed by atoms with Gasteiger partial charge in [-0.1, -0.05) is 17.7 Å². The molecule has 0 radical (unpaired) electrons. The average Bonchev–Trinajstić information content (AvgIpc) is 2.71. The lowest BCUT2D eigenvalue weighted by molar-refractivity contribution is 0.102. The molecule has 3 rings (SSSR count). The van der Waals surface area contributed by atoms with E-state index in [0.29, 0.717) is 22.2 Å². The molecular formula is C20H18ClN3O4. The largest absolute Gasteiger partial charge is 0.497 e. The van der Waals surface area contributed by atoms with E-state index in [-0.39, 0.29) is 11.4 Å². The van der Waals surface area contributed by atoms with Crippen molar-refractivity contribution in [3.8, 4) is 17.2 Å². The number of aryl methyl sites for hydroxylation is 1.